The zero-order valence-corrected chi connectivity index (χ0v) is 13.1. The molecule has 1 aliphatic carbocycles. The van der Waals surface area contributed by atoms with E-state index in [1.165, 1.54) is 31.2 Å². The summed E-state index contributed by atoms with van der Waals surface area (Å²) in [5.41, 5.74) is 1.22. The lowest BCUT2D eigenvalue weighted by atomic mass is 9.89. The van der Waals surface area contributed by atoms with Gasteiger partial charge in [-0.05, 0) is 43.7 Å². The third-order valence-electron chi connectivity index (χ3n) is 3.92. The summed E-state index contributed by atoms with van der Waals surface area (Å²) < 4.78 is 6.21. The van der Waals surface area contributed by atoms with Crippen LogP contribution in [0.2, 0.25) is 0 Å². The van der Waals surface area contributed by atoms with Gasteiger partial charge in [-0.2, -0.15) is 0 Å². The summed E-state index contributed by atoms with van der Waals surface area (Å²) in [6.07, 6.45) is 9.06. The van der Waals surface area contributed by atoms with Crippen molar-refractivity contribution in [2.75, 3.05) is 6.54 Å². The maximum atomic E-state index is 6.21. The van der Waals surface area contributed by atoms with Gasteiger partial charge >= 0.3 is 0 Å². The molecule has 0 bridgehead atoms. The summed E-state index contributed by atoms with van der Waals surface area (Å²) in [5.74, 6) is 2.41. The largest absolute Gasteiger partial charge is 0.488 e. The fourth-order valence-electron chi connectivity index (χ4n) is 2.82. The van der Waals surface area contributed by atoms with Gasteiger partial charge in [0.2, 0.25) is 0 Å². The number of nitrogens with zero attached hydrogens (tertiary/aromatic N) is 1. The second-order valence-corrected chi connectivity index (χ2v) is 6.52. The van der Waals surface area contributed by atoms with Crippen LogP contribution in [0.25, 0.3) is 0 Å². The molecule has 20 heavy (non-hydrogen) atoms. The molecule has 0 spiro atoms. The molecule has 0 radical (unpaired) electrons. The molecule has 3 heteroatoms. The number of aromatic nitrogens is 1. The maximum Gasteiger partial charge on any atom is 0.142 e. The van der Waals surface area contributed by atoms with Crippen LogP contribution in [-0.2, 0) is 6.54 Å². The topological polar surface area (TPSA) is 34.2 Å². The summed E-state index contributed by atoms with van der Waals surface area (Å²) in [4.78, 5) is 4.22. The molecule has 1 aromatic heterocycles. The smallest absolute Gasteiger partial charge is 0.142 e. The van der Waals surface area contributed by atoms with Crippen LogP contribution in [0.1, 0.15) is 52.0 Å². The van der Waals surface area contributed by atoms with Crippen molar-refractivity contribution in [2.24, 2.45) is 11.8 Å². The Hall–Kier alpha value is -1.09. The third kappa shape index (κ3) is 4.78. The van der Waals surface area contributed by atoms with E-state index >= 15 is 0 Å². The van der Waals surface area contributed by atoms with Gasteiger partial charge in [0, 0.05) is 18.3 Å². The average molecular weight is 276 g/mol. The minimum absolute atomic E-state index is 0.367. The molecule has 2 atom stereocenters. The molecule has 0 aromatic carbocycles. The lowest BCUT2D eigenvalue weighted by Crippen LogP contribution is -2.25. The first-order valence-corrected chi connectivity index (χ1v) is 7.95. The maximum absolute atomic E-state index is 6.21. The lowest BCUT2D eigenvalue weighted by molar-refractivity contribution is 0.127. The van der Waals surface area contributed by atoms with E-state index in [1.807, 2.05) is 12.4 Å². The molecule has 1 fully saturated rings. The van der Waals surface area contributed by atoms with Gasteiger partial charge in [-0.1, -0.05) is 27.2 Å². The predicted octanol–water partition coefficient (Wildman–Crippen LogP) is 3.78. The van der Waals surface area contributed by atoms with E-state index in [-0.39, 0.29) is 0 Å². The molecular weight excluding hydrogens is 248 g/mol. The standard InChI is InChI=1S/C17H28N2O/c1-13(2)10-19-11-15-7-8-18-12-17(15)20-16-6-4-5-14(3)9-16/h7-8,12-14,16,19H,4-6,9-11H2,1-3H3. The Bertz CT molecular complexity index is 406. The van der Waals surface area contributed by atoms with Crippen molar-refractivity contribution in [1.29, 1.82) is 0 Å². The third-order valence-corrected chi connectivity index (χ3v) is 3.92. The molecule has 0 saturated heterocycles. The van der Waals surface area contributed by atoms with Crippen molar-refractivity contribution >= 4 is 0 Å². The number of pyridine rings is 1. The van der Waals surface area contributed by atoms with Gasteiger partial charge < -0.3 is 10.1 Å². The lowest BCUT2D eigenvalue weighted by Gasteiger charge is -2.28. The summed E-state index contributed by atoms with van der Waals surface area (Å²) in [6.45, 7) is 8.66. The number of ether oxygens (including phenoxy) is 1. The zero-order chi connectivity index (χ0) is 14.4. The molecule has 1 aliphatic rings. The van der Waals surface area contributed by atoms with E-state index in [9.17, 15) is 0 Å². The summed E-state index contributed by atoms with van der Waals surface area (Å²) >= 11 is 0. The van der Waals surface area contributed by atoms with Crippen LogP contribution in [0.3, 0.4) is 0 Å². The van der Waals surface area contributed by atoms with Crippen LogP contribution >= 0.6 is 0 Å². The second-order valence-electron chi connectivity index (χ2n) is 6.52. The molecule has 1 N–H and O–H groups in total. The van der Waals surface area contributed by atoms with E-state index < -0.39 is 0 Å². The number of hydrogen-bond donors (Lipinski definition) is 1. The highest BCUT2D eigenvalue weighted by Gasteiger charge is 2.21. The average Bonchev–Trinajstić information content (AvgIpc) is 2.40. The van der Waals surface area contributed by atoms with Crippen molar-refractivity contribution in [1.82, 2.24) is 10.3 Å². The van der Waals surface area contributed by atoms with Gasteiger partial charge in [-0.25, -0.2) is 0 Å². The second kappa shape index (κ2) is 7.63. The molecule has 2 rings (SSSR count). The Morgan fingerprint density at radius 2 is 2.25 bits per heavy atom. The molecule has 3 nitrogen and oxygen atoms in total. The van der Waals surface area contributed by atoms with Gasteiger partial charge in [0.25, 0.3) is 0 Å². The van der Waals surface area contributed by atoms with Crippen LogP contribution in [0.5, 0.6) is 5.75 Å². The Labute approximate surface area is 123 Å². The van der Waals surface area contributed by atoms with Crippen LogP contribution in [-0.4, -0.2) is 17.6 Å². The van der Waals surface area contributed by atoms with Gasteiger partial charge in [0.1, 0.15) is 5.75 Å². The monoisotopic (exact) mass is 276 g/mol. The molecule has 112 valence electrons. The number of hydrogen-bond acceptors (Lipinski definition) is 3. The van der Waals surface area contributed by atoms with Gasteiger partial charge in [0.05, 0.1) is 12.3 Å². The highest BCUT2D eigenvalue weighted by atomic mass is 16.5. The van der Waals surface area contributed by atoms with Crippen molar-refractivity contribution in [3.05, 3.63) is 24.0 Å². The van der Waals surface area contributed by atoms with E-state index in [1.54, 1.807) is 0 Å². The van der Waals surface area contributed by atoms with E-state index in [0.29, 0.717) is 12.0 Å². The van der Waals surface area contributed by atoms with Gasteiger partial charge in [-0.3, -0.25) is 4.98 Å². The van der Waals surface area contributed by atoms with Crippen molar-refractivity contribution < 1.29 is 4.74 Å². The fraction of sp³-hybridized carbons (Fsp3) is 0.706. The first kappa shape index (κ1) is 15.3. The normalized spacial score (nSPS) is 23.0. The summed E-state index contributed by atoms with van der Waals surface area (Å²) in [7, 11) is 0. The van der Waals surface area contributed by atoms with E-state index in [0.717, 1.165) is 24.8 Å². The Morgan fingerprint density at radius 1 is 1.40 bits per heavy atom. The molecule has 1 heterocycles. The first-order chi connectivity index (χ1) is 9.65. The van der Waals surface area contributed by atoms with Crippen LogP contribution in [0, 0.1) is 11.8 Å². The molecule has 1 saturated carbocycles. The SMILES string of the molecule is CC(C)CNCc1ccncc1OC1CCCC(C)C1. The number of nitrogens with one attached hydrogen (secondary N) is 1. The summed E-state index contributed by atoms with van der Waals surface area (Å²) in [5, 5.41) is 3.48. The Kier molecular flexibility index (Phi) is 5.84. The van der Waals surface area contributed by atoms with E-state index in [4.69, 9.17) is 4.74 Å². The Balaban J connectivity index is 1.93. The first-order valence-electron chi connectivity index (χ1n) is 7.95. The molecule has 0 aliphatic heterocycles. The van der Waals surface area contributed by atoms with Crippen molar-refractivity contribution in [3.8, 4) is 5.75 Å². The van der Waals surface area contributed by atoms with Crippen molar-refractivity contribution in [3.63, 3.8) is 0 Å². The zero-order valence-electron chi connectivity index (χ0n) is 13.1. The van der Waals surface area contributed by atoms with E-state index in [2.05, 4.69) is 37.1 Å². The minimum atomic E-state index is 0.367. The predicted molar refractivity (Wildman–Crippen MR) is 82.8 cm³/mol. The van der Waals surface area contributed by atoms with Crippen molar-refractivity contribution in [2.45, 2.75) is 59.1 Å². The fourth-order valence-corrected chi connectivity index (χ4v) is 2.82. The van der Waals surface area contributed by atoms with Crippen LogP contribution in [0.15, 0.2) is 18.5 Å². The van der Waals surface area contributed by atoms with Gasteiger partial charge in [-0.15, -0.1) is 0 Å². The molecule has 1 aromatic rings. The minimum Gasteiger partial charge on any atom is -0.488 e. The number of rotatable bonds is 6. The van der Waals surface area contributed by atoms with Crippen LogP contribution < -0.4 is 10.1 Å². The molecule has 0 amide bonds. The molecular formula is C17H28N2O. The van der Waals surface area contributed by atoms with Gasteiger partial charge in [0.15, 0.2) is 0 Å². The van der Waals surface area contributed by atoms with Crippen LogP contribution in [0.4, 0.5) is 0 Å². The quantitative estimate of drug-likeness (QED) is 0.858. The molecule has 2 unspecified atom stereocenters. The highest BCUT2D eigenvalue weighted by molar-refractivity contribution is 5.30. The summed E-state index contributed by atoms with van der Waals surface area (Å²) in [6, 6.07) is 2.06. The highest BCUT2D eigenvalue weighted by Crippen LogP contribution is 2.28. The Morgan fingerprint density at radius 3 is 3.00 bits per heavy atom.